The van der Waals surface area contributed by atoms with E-state index in [1.165, 1.54) is 18.4 Å². The molecule has 1 unspecified atom stereocenters. The molecule has 2 aromatic rings. The van der Waals surface area contributed by atoms with Gasteiger partial charge in [-0.2, -0.15) is 0 Å². The summed E-state index contributed by atoms with van der Waals surface area (Å²) in [6, 6.07) is -0.257. The standard InChI is InChI=1S/C28H41N5O4S/c1-16(2)23(33(6)27(35)20-8-9-20)12-24(34)26-32-22(15-38-26)19(5)31-21(10-18(4)28(36)37-7)11-25-29-13-17(3)14-30-25/h13-16,18,20-21,23-24,31,34H,5,8-12H2,1-4,6-7H3/t18-,21+,23?,24+/m0/s1. The molecule has 9 nitrogen and oxygen atoms in total. The Kier molecular flexibility index (Phi) is 10.4. The van der Waals surface area contributed by atoms with Gasteiger partial charge in [0.2, 0.25) is 5.91 Å². The van der Waals surface area contributed by atoms with Crippen LogP contribution in [0.2, 0.25) is 0 Å². The minimum absolute atomic E-state index is 0.0783. The first-order chi connectivity index (χ1) is 18.0. The monoisotopic (exact) mass is 543 g/mol. The lowest BCUT2D eigenvalue weighted by molar-refractivity contribution is -0.145. The van der Waals surface area contributed by atoms with Crippen LogP contribution in [0, 0.1) is 24.7 Å². The Morgan fingerprint density at radius 2 is 1.89 bits per heavy atom. The Morgan fingerprint density at radius 1 is 1.24 bits per heavy atom. The molecule has 0 aliphatic heterocycles. The van der Waals surface area contributed by atoms with Crippen LogP contribution < -0.4 is 5.32 Å². The molecule has 10 heteroatoms. The predicted octanol–water partition coefficient (Wildman–Crippen LogP) is 3.93. The van der Waals surface area contributed by atoms with Crippen molar-refractivity contribution in [3.05, 3.63) is 46.4 Å². The minimum atomic E-state index is -0.792. The van der Waals surface area contributed by atoms with Gasteiger partial charge in [0.25, 0.3) is 0 Å². The number of ether oxygens (including phenoxy) is 1. The highest BCUT2D eigenvalue weighted by Crippen LogP contribution is 2.34. The summed E-state index contributed by atoms with van der Waals surface area (Å²) in [5.74, 6) is 0.562. The molecule has 2 N–H and O–H groups in total. The van der Waals surface area contributed by atoms with Gasteiger partial charge in [0, 0.05) is 55.7 Å². The largest absolute Gasteiger partial charge is 0.469 e. The summed E-state index contributed by atoms with van der Waals surface area (Å²) in [5.41, 5.74) is 2.20. The van der Waals surface area contributed by atoms with Crippen LogP contribution in [0.5, 0.6) is 0 Å². The molecular weight excluding hydrogens is 502 g/mol. The smallest absolute Gasteiger partial charge is 0.308 e. The molecule has 0 spiro atoms. The number of aliphatic hydroxyl groups is 1. The molecule has 0 bridgehead atoms. The number of nitrogens with one attached hydrogen (secondary N) is 1. The first-order valence-electron chi connectivity index (χ1n) is 13.2. The maximum Gasteiger partial charge on any atom is 0.308 e. The summed E-state index contributed by atoms with van der Waals surface area (Å²) in [5, 5.41) is 16.9. The Balaban J connectivity index is 1.68. The van der Waals surface area contributed by atoms with Gasteiger partial charge in [-0.05, 0) is 37.7 Å². The van der Waals surface area contributed by atoms with Crippen molar-refractivity contribution in [3.8, 4) is 0 Å². The Hall–Kier alpha value is -2.85. The fraction of sp³-hybridized carbons (Fsp3) is 0.607. The molecular formula is C28H41N5O4S. The number of nitrogens with zero attached hydrogens (tertiary/aromatic N) is 4. The highest BCUT2D eigenvalue weighted by Gasteiger charge is 2.36. The molecule has 1 fully saturated rings. The molecule has 2 heterocycles. The van der Waals surface area contributed by atoms with E-state index in [0.29, 0.717) is 41.5 Å². The maximum absolute atomic E-state index is 12.6. The number of thiazole rings is 1. The van der Waals surface area contributed by atoms with E-state index in [9.17, 15) is 14.7 Å². The number of carbonyl (C=O) groups excluding carboxylic acids is 2. The molecule has 4 atom stereocenters. The second kappa shape index (κ2) is 13.3. The second-order valence-corrected chi connectivity index (χ2v) is 11.6. The van der Waals surface area contributed by atoms with E-state index in [4.69, 9.17) is 4.74 Å². The van der Waals surface area contributed by atoms with E-state index in [2.05, 4.69) is 40.7 Å². The van der Waals surface area contributed by atoms with Crippen LogP contribution in [-0.2, 0) is 20.7 Å². The normalized spacial score (nSPS) is 16.4. The Labute approximate surface area is 229 Å². The fourth-order valence-corrected chi connectivity index (χ4v) is 5.38. The van der Waals surface area contributed by atoms with Crippen molar-refractivity contribution < 1.29 is 19.4 Å². The van der Waals surface area contributed by atoms with E-state index < -0.39 is 6.10 Å². The zero-order chi connectivity index (χ0) is 28.0. The van der Waals surface area contributed by atoms with E-state index in [1.54, 1.807) is 17.3 Å². The van der Waals surface area contributed by atoms with E-state index in [1.807, 2.05) is 26.3 Å². The number of amides is 1. The third-order valence-corrected chi connectivity index (χ3v) is 7.95. The minimum Gasteiger partial charge on any atom is -0.469 e. The summed E-state index contributed by atoms with van der Waals surface area (Å²) in [4.78, 5) is 40.0. The number of esters is 1. The molecule has 208 valence electrons. The number of aryl methyl sites for hydroxylation is 1. The number of hydrogen-bond donors (Lipinski definition) is 2. The summed E-state index contributed by atoms with van der Waals surface area (Å²) in [7, 11) is 3.22. The lowest BCUT2D eigenvalue weighted by atomic mass is 9.96. The van der Waals surface area contributed by atoms with Gasteiger partial charge in [0.1, 0.15) is 16.9 Å². The van der Waals surface area contributed by atoms with Gasteiger partial charge in [-0.25, -0.2) is 15.0 Å². The van der Waals surface area contributed by atoms with E-state index >= 15 is 0 Å². The highest BCUT2D eigenvalue weighted by molar-refractivity contribution is 7.09. The average Bonchev–Trinajstić information content (AvgIpc) is 3.62. The third-order valence-electron chi connectivity index (χ3n) is 7.01. The van der Waals surface area contributed by atoms with Crippen LogP contribution in [0.25, 0.3) is 5.70 Å². The highest BCUT2D eigenvalue weighted by atomic mass is 32.1. The van der Waals surface area contributed by atoms with Gasteiger partial charge in [0.15, 0.2) is 0 Å². The molecule has 3 rings (SSSR count). The van der Waals surface area contributed by atoms with Crippen molar-refractivity contribution in [2.24, 2.45) is 17.8 Å². The second-order valence-electron chi connectivity index (χ2n) is 10.7. The van der Waals surface area contributed by atoms with Gasteiger partial charge in [-0.1, -0.05) is 27.4 Å². The molecule has 1 aliphatic carbocycles. The maximum atomic E-state index is 12.6. The molecule has 0 aromatic carbocycles. The van der Waals surface area contributed by atoms with Crippen LogP contribution >= 0.6 is 11.3 Å². The third kappa shape index (κ3) is 8.07. The fourth-order valence-electron chi connectivity index (χ4n) is 4.55. The van der Waals surface area contributed by atoms with Gasteiger partial charge in [0.05, 0.1) is 24.4 Å². The molecule has 1 aliphatic rings. The van der Waals surface area contributed by atoms with Crippen LogP contribution in [-0.4, -0.2) is 63.1 Å². The van der Waals surface area contributed by atoms with Gasteiger partial charge < -0.3 is 20.1 Å². The van der Waals surface area contributed by atoms with Gasteiger partial charge in [-0.3, -0.25) is 9.59 Å². The molecule has 2 aromatic heterocycles. The van der Waals surface area contributed by atoms with Gasteiger partial charge >= 0.3 is 5.97 Å². The SMILES string of the molecule is C=C(N[C@@H](Cc1ncc(C)cn1)C[C@H](C)C(=O)OC)c1csc([C@H](O)CC(C(C)C)N(C)C(=O)C2CC2)n1. The number of aliphatic hydroxyl groups excluding tert-OH is 1. The Morgan fingerprint density at radius 3 is 2.47 bits per heavy atom. The predicted molar refractivity (Wildman–Crippen MR) is 148 cm³/mol. The first kappa shape index (κ1) is 29.7. The van der Waals surface area contributed by atoms with Crippen molar-refractivity contribution in [2.45, 2.75) is 78.0 Å². The number of methoxy groups -OCH3 is 1. The van der Waals surface area contributed by atoms with Crippen LogP contribution in [0.3, 0.4) is 0 Å². The summed E-state index contributed by atoms with van der Waals surface area (Å²) in [6.45, 7) is 12.1. The number of rotatable bonds is 14. The van der Waals surface area contributed by atoms with Crippen LogP contribution in [0.1, 0.15) is 74.6 Å². The van der Waals surface area contributed by atoms with Crippen LogP contribution in [0.4, 0.5) is 0 Å². The van der Waals surface area contributed by atoms with Gasteiger partial charge in [-0.15, -0.1) is 11.3 Å². The quantitative estimate of drug-likeness (QED) is 0.344. The van der Waals surface area contributed by atoms with E-state index in [-0.39, 0.29) is 41.7 Å². The van der Waals surface area contributed by atoms with E-state index in [0.717, 1.165) is 18.4 Å². The molecule has 1 saturated carbocycles. The summed E-state index contributed by atoms with van der Waals surface area (Å²) < 4.78 is 4.91. The first-order valence-corrected chi connectivity index (χ1v) is 14.1. The molecule has 0 saturated heterocycles. The number of hydrogen-bond acceptors (Lipinski definition) is 9. The number of carbonyl (C=O) groups is 2. The molecule has 1 amide bonds. The summed E-state index contributed by atoms with van der Waals surface area (Å²) >= 11 is 1.37. The average molecular weight is 544 g/mol. The van der Waals surface area contributed by atoms with Crippen molar-refractivity contribution in [1.82, 2.24) is 25.2 Å². The van der Waals surface area contributed by atoms with Crippen molar-refractivity contribution >= 4 is 28.9 Å². The zero-order valence-corrected chi connectivity index (χ0v) is 24.1. The lowest BCUT2D eigenvalue weighted by Gasteiger charge is -2.32. The lowest BCUT2D eigenvalue weighted by Crippen LogP contribution is -2.42. The van der Waals surface area contributed by atoms with Crippen molar-refractivity contribution in [2.75, 3.05) is 14.2 Å². The zero-order valence-electron chi connectivity index (χ0n) is 23.3. The Bertz CT molecular complexity index is 1100. The van der Waals surface area contributed by atoms with Crippen molar-refractivity contribution in [3.63, 3.8) is 0 Å². The topological polar surface area (TPSA) is 118 Å². The van der Waals surface area contributed by atoms with Crippen molar-refractivity contribution in [1.29, 1.82) is 0 Å². The van der Waals surface area contributed by atoms with Crippen LogP contribution in [0.15, 0.2) is 24.4 Å². The number of aromatic nitrogens is 3. The summed E-state index contributed by atoms with van der Waals surface area (Å²) in [6.07, 6.45) is 6.08. The molecule has 38 heavy (non-hydrogen) atoms. The molecule has 0 radical (unpaired) electrons.